The molecule has 1 aliphatic rings. The lowest BCUT2D eigenvalue weighted by Gasteiger charge is -2.42. The second-order valence-corrected chi connectivity index (χ2v) is 6.57. The van der Waals surface area contributed by atoms with Gasteiger partial charge in [0.1, 0.15) is 0 Å². The maximum atomic E-state index is 13.5. The van der Waals surface area contributed by atoms with Gasteiger partial charge in [0.15, 0.2) is 0 Å². The highest BCUT2D eigenvalue weighted by Crippen LogP contribution is 2.42. The molecule has 0 atom stereocenters. The molecular weight excluding hydrogens is 380 g/mol. The van der Waals surface area contributed by atoms with Crippen molar-refractivity contribution in [2.24, 2.45) is 0 Å². The Bertz CT molecular complexity index is 779. The van der Waals surface area contributed by atoms with Crippen LogP contribution >= 0.6 is 11.3 Å². The van der Waals surface area contributed by atoms with Gasteiger partial charge in [-0.3, -0.25) is 9.69 Å². The second kappa shape index (κ2) is 8.43. The summed E-state index contributed by atoms with van der Waals surface area (Å²) in [5.41, 5.74) is -2.87. The molecule has 6 nitrogen and oxygen atoms in total. The molecular formula is C18H19F2NO5S. The molecule has 0 aliphatic carbocycles. The van der Waals surface area contributed by atoms with Crippen molar-refractivity contribution in [1.29, 1.82) is 0 Å². The maximum Gasteiger partial charge on any atom is 0.344 e. The molecule has 1 amide bonds. The van der Waals surface area contributed by atoms with Gasteiger partial charge >= 0.3 is 11.9 Å². The number of carbonyl (C=O) groups excluding carboxylic acids is 3. The lowest BCUT2D eigenvalue weighted by atomic mass is 9.84. The third-order valence-electron chi connectivity index (χ3n) is 3.94. The van der Waals surface area contributed by atoms with Gasteiger partial charge in [-0.15, -0.1) is 11.3 Å². The molecule has 9 heteroatoms. The van der Waals surface area contributed by atoms with E-state index in [2.05, 4.69) is 0 Å². The third-order valence-corrected chi connectivity index (χ3v) is 4.83. The molecule has 2 rings (SSSR count). The number of amides is 1. The quantitative estimate of drug-likeness (QED) is 0.561. The Morgan fingerprint density at radius 3 is 2.19 bits per heavy atom. The predicted molar refractivity (Wildman–Crippen MR) is 94.7 cm³/mol. The fraction of sp³-hybridized carbons (Fsp3) is 0.389. The normalized spacial score (nSPS) is 15.8. The minimum Gasteiger partial charge on any atom is -0.464 e. The van der Waals surface area contributed by atoms with Crippen LogP contribution in [0.4, 0.5) is 8.78 Å². The number of carbonyl (C=O) groups is 3. The Labute approximate surface area is 159 Å². The first-order chi connectivity index (χ1) is 12.8. The second-order valence-electron chi connectivity index (χ2n) is 5.62. The maximum absolute atomic E-state index is 13.5. The molecule has 0 saturated carbocycles. The van der Waals surface area contributed by atoms with Crippen LogP contribution in [0.3, 0.4) is 0 Å². The molecule has 0 aromatic carbocycles. The SMILES string of the molecule is CCOC(=O)C1(C(=O)OCC)CC(=C(F)F)C=C(c2cccs2)N1C(C)=O. The minimum atomic E-state index is -2.36. The number of hydrogen-bond acceptors (Lipinski definition) is 6. The lowest BCUT2D eigenvalue weighted by molar-refractivity contribution is -0.175. The van der Waals surface area contributed by atoms with Crippen molar-refractivity contribution in [1.82, 2.24) is 4.90 Å². The molecule has 0 N–H and O–H groups in total. The summed E-state index contributed by atoms with van der Waals surface area (Å²) in [6.45, 7) is 3.98. The van der Waals surface area contributed by atoms with E-state index in [1.165, 1.54) is 25.2 Å². The van der Waals surface area contributed by atoms with Crippen LogP contribution in [-0.4, -0.2) is 41.5 Å². The van der Waals surface area contributed by atoms with Gasteiger partial charge in [0.2, 0.25) is 11.4 Å². The molecule has 1 aliphatic heterocycles. The summed E-state index contributed by atoms with van der Waals surface area (Å²) in [6, 6.07) is 3.27. The van der Waals surface area contributed by atoms with Crippen LogP contribution in [-0.2, 0) is 23.9 Å². The Kier molecular flexibility index (Phi) is 6.48. The molecule has 2 heterocycles. The lowest BCUT2D eigenvalue weighted by Crippen LogP contribution is -2.63. The van der Waals surface area contributed by atoms with Gasteiger partial charge in [0, 0.05) is 18.9 Å². The van der Waals surface area contributed by atoms with E-state index in [0.717, 1.165) is 17.9 Å². The fourth-order valence-corrected chi connectivity index (χ4v) is 3.65. The zero-order chi connectivity index (χ0) is 20.2. The van der Waals surface area contributed by atoms with Gasteiger partial charge in [-0.05, 0) is 31.4 Å². The topological polar surface area (TPSA) is 72.9 Å². The third kappa shape index (κ3) is 3.78. The van der Waals surface area contributed by atoms with E-state index in [4.69, 9.17) is 9.47 Å². The molecule has 0 unspecified atom stereocenters. The summed E-state index contributed by atoms with van der Waals surface area (Å²) in [5, 5.41) is 1.69. The van der Waals surface area contributed by atoms with Crippen LogP contribution in [0.15, 0.2) is 35.2 Å². The number of thiophene rings is 1. The van der Waals surface area contributed by atoms with E-state index in [1.807, 2.05) is 0 Å². The molecule has 146 valence electrons. The number of ether oxygens (including phenoxy) is 2. The smallest absolute Gasteiger partial charge is 0.344 e. The van der Waals surface area contributed by atoms with E-state index in [9.17, 15) is 23.2 Å². The molecule has 0 bridgehead atoms. The number of rotatable bonds is 5. The monoisotopic (exact) mass is 399 g/mol. The first-order valence-corrected chi connectivity index (χ1v) is 9.12. The summed E-state index contributed by atoms with van der Waals surface area (Å²) < 4.78 is 37.1. The zero-order valence-electron chi connectivity index (χ0n) is 15.1. The van der Waals surface area contributed by atoms with E-state index in [-0.39, 0.29) is 18.9 Å². The Morgan fingerprint density at radius 1 is 1.19 bits per heavy atom. The Morgan fingerprint density at radius 2 is 1.78 bits per heavy atom. The highest BCUT2D eigenvalue weighted by molar-refractivity contribution is 7.11. The number of allylic oxidation sites excluding steroid dienone is 1. The number of esters is 2. The minimum absolute atomic E-state index is 0.0210. The van der Waals surface area contributed by atoms with Gasteiger partial charge in [-0.1, -0.05) is 6.07 Å². The number of nitrogens with zero attached hydrogens (tertiary/aromatic N) is 1. The van der Waals surface area contributed by atoms with E-state index >= 15 is 0 Å². The number of hydrogen-bond donors (Lipinski definition) is 0. The number of halogens is 2. The Balaban J connectivity index is 2.81. The summed E-state index contributed by atoms with van der Waals surface area (Å²) in [4.78, 5) is 39.5. The van der Waals surface area contributed by atoms with Gasteiger partial charge in [-0.25, -0.2) is 9.59 Å². The average Bonchev–Trinajstić information content (AvgIpc) is 3.15. The average molecular weight is 399 g/mol. The highest BCUT2D eigenvalue weighted by atomic mass is 32.1. The summed E-state index contributed by atoms with van der Waals surface area (Å²) in [5.74, 6) is -2.90. The first kappa shape index (κ1) is 20.8. The molecule has 0 spiro atoms. The van der Waals surface area contributed by atoms with Gasteiger partial charge in [0.05, 0.1) is 23.8 Å². The first-order valence-electron chi connectivity index (χ1n) is 8.24. The van der Waals surface area contributed by atoms with Crippen molar-refractivity contribution in [2.45, 2.75) is 32.7 Å². The van der Waals surface area contributed by atoms with Crippen molar-refractivity contribution in [2.75, 3.05) is 13.2 Å². The van der Waals surface area contributed by atoms with Gasteiger partial charge in [-0.2, -0.15) is 8.78 Å². The molecule has 0 saturated heterocycles. The van der Waals surface area contributed by atoms with Gasteiger partial charge < -0.3 is 9.47 Å². The van der Waals surface area contributed by atoms with Crippen LogP contribution in [0, 0.1) is 0 Å². The van der Waals surface area contributed by atoms with Crippen molar-refractivity contribution in [3.63, 3.8) is 0 Å². The fourth-order valence-electron chi connectivity index (χ4n) is 2.92. The van der Waals surface area contributed by atoms with Crippen LogP contribution < -0.4 is 0 Å². The van der Waals surface area contributed by atoms with Crippen molar-refractivity contribution >= 4 is 34.9 Å². The van der Waals surface area contributed by atoms with E-state index in [1.54, 1.807) is 17.5 Å². The molecule has 0 radical (unpaired) electrons. The van der Waals surface area contributed by atoms with E-state index < -0.39 is 41.5 Å². The predicted octanol–water partition coefficient (Wildman–Crippen LogP) is 3.36. The largest absolute Gasteiger partial charge is 0.464 e. The van der Waals surface area contributed by atoms with Crippen molar-refractivity contribution in [3.8, 4) is 0 Å². The Hall–Kier alpha value is -2.55. The van der Waals surface area contributed by atoms with Crippen LogP contribution in [0.2, 0.25) is 0 Å². The molecule has 1 aromatic rings. The zero-order valence-corrected chi connectivity index (χ0v) is 15.9. The van der Waals surface area contributed by atoms with Crippen molar-refractivity contribution in [3.05, 3.63) is 40.1 Å². The molecule has 0 fully saturated rings. The van der Waals surface area contributed by atoms with Crippen LogP contribution in [0.1, 0.15) is 32.1 Å². The van der Waals surface area contributed by atoms with Crippen LogP contribution in [0.5, 0.6) is 0 Å². The molecule has 27 heavy (non-hydrogen) atoms. The summed E-state index contributed by atoms with van der Waals surface area (Å²) in [7, 11) is 0. The summed E-state index contributed by atoms with van der Waals surface area (Å²) >= 11 is 1.18. The highest BCUT2D eigenvalue weighted by Gasteiger charge is 2.59. The van der Waals surface area contributed by atoms with Crippen LogP contribution in [0.25, 0.3) is 5.70 Å². The summed E-state index contributed by atoms with van der Waals surface area (Å²) in [6.07, 6.45) is -1.67. The molecule has 1 aromatic heterocycles. The van der Waals surface area contributed by atoms with Crippen molar-refractivity contribution < 1.29 is 32.6 Å². The van der Waals surface area contributed by atoms with Gasteiger partial charge in [0.25, 0.3) is 6.08 Å². The van der Waals surface area contributed by atoms with E-state index in [0.29, 0.717) is 4.88 Å². The standard InChI is InChI=1S/C18H19F2NO5S/c1-4-25-16(23)18(17(24)26-5-2)10-12(15(19)20)9-13(21(18)11(3)22)14-7-6-8-27-14/h6-9H,4-5,10H2,1-3H3.